The second-order valence-electron chi connectivity index (χ2n) is 7.05. The zero-order chi connectivity index (χ0) is 19.8. The molecule has 0 aliphatic heterocycles. The summed E-state index contributed by atoms with van der Waals surface area (Å²) < 4.78 is 0. The Bertz CT molecular complexity index is 783. The third-order valence-electron chi connectivity index (χ3n) is 4.63. The Hall–Kier alpha value is -2.82. The van der Waals surface area contributed by atoms with Gasteiger partial charge in [-0.15, -0.1) is 0 Å². The van der Waals surface area contributed by atoms with E-state index in [4.69, 9.17) is 0 Å². The molecule has 0 unspecified atom stereocenters. The molecule has 0 saturated carbocycles. The van der Waals surface area contributed by atoms with Crippen LogP contribution in [0.1, 0.15) is 42.0 Å². The van der Waals surface area contributed by atoms with Crippen molar-refractivity contribution >= 4 is 17.6 Å². The third kappa shape index (κ3) is 6.44. The lowest BCUT2D eigenvalue weighted by Crippen LogP contribution is -2.40. The highest BCUT2D eigenvalue weighted by Gasteiger charge is 2.08. The Morgan fingerprint density at radius 2 is 1.67 bits per heavy atom. The maximum Gasteiger partial charge on any atom is 0.315 e. The molecule has 0 spiro atoms. The van der Waals surface area contributed by atoms with Crippen LogP contribution < -0.4 is 16.0 Å². The number of aryl methyl sites for hydroxylation is 1. The zero-order valence-corrected chi connectivity index (χ0v) is 16.6. The minimum absolute atomic E-state index is 0.0672. The molecule has 0 aromatic heterocycles. The van der Waals surface area contributed by atoms with Crippen molar-refractivity contribution in [2.45, 2.75) is 40.0 Å². The Morgan fingerprint density at radius 3 is 2.33 bits per heavy atom. The van der Waals surface area contributed by atoms with Crippen LogP contribution in [0.5, 0.6) is 0 Å². The summed E-state index contributed by atoms with van der Waals surface area (Å²) in [4.78, 5) is 23.9. The van der Waals surface area contributed by atoms with Crippen LogP contribution in [0.4, 0.5) is 10.5 Å². The van der Waals surface area contributed by atoms with Crippen LogP contribution in [-0.4, -0.2) is 25.0 Å². The molecule has 144 valence electrons. The molecular formula is C22H29N3O2. The quantitative estimate of drug-likeness (QED) is 0.694. The van der Waals surface area contributed by atoms with Crippen LogP contribution in [0.2, 0.25) is 0 Å². The first-order valence-electron chi connectivity index (χ1n) is 9.33. The van der Waals surface area contributed by atoms with E-state index in [0.29, 0.717) is 12.5 Å². The van der Waals surface area contributed by atoms with Gasteiger partial charge in [0.25, 0.3) is 0 Å². The number of urea groups is 1. The van der Waals surface area contributed by atoms with Crippen molar-refractivity contribution in [3.8, 4) is 0 Å². The van der Waals surface area contributed by atoms with Crippen molar-refractivity contribution in [2.75, 3.05) is 18.4 Å². The monoisotopic (exact) mass is 367 g/mol. The highest BCUT2D eigenvalue weighted by atomic mass is 16.2. The molecule has 3 amide bonds. The van der Waals surface area contributed by atoms with Crippen molar-refractivity contribution in [1.29, 1.82) is 0 Å². The average Bonchev–Trinajstić information content (AvgIpc) is 2.64. The summed E-state index contributed by atoms with van der Waals surface area (Å²) in [5, 5.41) is 8.18. The molecule has 0 radical (unpaired) electrons. The lowest BCUT2D eigenvalue weighted by molar-refractivity contribution is -0.115. The smallest absolute Gasteiger partial charge is 0.315 e. The zero-order valence-electron chi connectivity index (χ0n) is 16.6. The molecule has 0 fully saturated rings. The molecule has 0 bridgehead atoms. The van der Waals surface area contributed by atoms with Gasteiger partial charge in [0.2, 0.25) is 5.91 Å². The van der Waals surface area contributed by atoms with Gasteiger partial charge in [-0.05, 0) is 54.5 Å². The molecular weight excluding hydrogens is 338 g/mol. The van der Waals surface area contributed by atoms with Gasteiger partial charge in [0, 0.05) is 12.2 Å². The number of carbonyl (C=O) groups excluding carboxylic acids is 2. The van der Waals surface area contributed by atoms with Gasteiger partial charge in [-0.3, -0.25) is 4.79 Å². The number of amides is 3. The van der Waals surface area contributed by atoms with E-state index in [2.05, 4.69) is 54.1 Å². The SMILES string of the molecule is Cc1cccc(NC(=O)CNC(=O)NCCc2ccc(C(C)C)cc2)c1C. The van der Waals surface area contributed by atoms with E-state index in [1.165, 1.54) is 11.1 Å². The molecule has 5 nitrogen and oxygen atoms in total. The van der Waals surface area contributed by atoms with Crippen LogP contribution >= 0.6 is 0 Å². The molecule has 2 aromatic carbocycles. The predicted molar refractivity (Wildman–Crippen MR) is 110 cm³/mol. The first-order valence-corrected chi connectivity index (χ1v) is 9.33. The van der Waals surface area contributed by atoms with Crippen molar-refractivity contribution < 1.29 is 9.59 Å². The molecule has 2 aromatic rings. The van der Waals surface area contributed by atoms with Gasteiger partial charge in [-0.2, -0.15) is 0 Å². The third-order valence-corrected chi connectivity index (χ3v) is 4.63. The lowest BCUT2D eigenvalue weighted by Gasteiger charge is -2.11. The second-order valence-corrected chi connectivity index (χ2v) is 7.05. The second kappa shape index (κ2) is 9.76. The van der Waals surface area contributed by atoms with Crippen LogP contribution in [0.15, 0.2) is 42.5 Å². The maximum atomic E-state index is 12.0. The molecule has 3 N–H and O–H groups in total. The number of anilines is 1. The minimum atomic E-state index is -0.343. The molecule has 0 heterocycles. The summed E-state index contributed by atoms with van der Waals surface area (Å²) in [6, 6.07) is 13.8. The van der Waals surface area contributed by atoms with Crippen LogP contribution in [0.3, 0.4) is 0 Å². The Morgan fingerprint density at radius 1 is 0.963 bits per heavy atom. The number of rotatable bonds is 7. The highest BCUT2D eigenvalue weighted by molar-refractivity contribution is 5.95. The molecule has 0 saturated heterocycles. The largest absolute Gasteiger partial charge is 0.338 e. The maximum absolute atomic E-state index is 12.0. The fraction of sp³-hybridized carbons (Fsp3) is 0.364. The van der Waals surface area contributed by atoms with E-state index in [0.717, 1.165) is 23.2 Å². The van der Waals surface area contributed by atoms with E-state index in [9.17, 15) is 9.59 Å². The summed E-state index contributed by atoms with van der Waals surface area (Å²) in [5.41, 5.74) is 5.39. The van der Waals surface area contributed by atoms with Gasteiger partial charge >= 0.3 is 6.03 Å². The molecule has 0 aliphatic carbocycles. The molecule has 5 heteroatoms. The van der Waals surface area contributed by atoms with Gasteiger partial charge in [0.15, 0.2) is 0 Å². The molecule has 0 atom stereocenters. The lowest BCUT2D eigenvalue weighted by atomic mass is 10.0. The number of nitrogens with one attached hydrogen (secondary N) is 3. The standard InChI is InChI=1S/C22H29N3O2/c1-15(2)19-10-8-18(9-11-19)12-13-23-22(27)24-14-21(26)25-20-7-5-6-16(3)17(20)4/h5-11,15H,12-14H2,1-4H3,(H,25,26)(H2,23,24,27). The summed E-state index contributed by atoms with van der Waals surface area (Å²) in [7, 11) is 0. The van der Waals surface area contributed by atoms with Gasteiger partial charge in [0.1, 0.15) is 0 Å². The summed E-state index contributed by atoms with van der Waals surface area (Å²) in [5.74, 6) is 0.265. The summed E-state index contributed by atoms with van der Waals surface area (Å²) >= 11 is 0. The van der Waals surface area contributed by atoms with Gasteiger partial charge in [0.05, 0.1) is 6.54 Å². The van der Waals surface area contributed by atoms with Crippen LogP contribution in [0, 0.1) is 13.8 Å². The van der Waals surface area contributed by atoms with E-state index < -0.39 is 0 Å². The average molecular weight is 367 g/mol. The number of carbonyl (C=O) groups is 2. The van der Waals surface area contributed by atoms with Crippen molar-refractivity contribution in [3.05, 3.63) is 64.7 Å². The van der Waals surface area contributed by atoms with Gasteiger partial charge in [-0.1, -0.05) is 50.2 Å². The predicted octanol–water partition coefficient (Wildman–Crippen LogP) is 3.91. The van der Waals surface area contributed by atoms with E-state index >= 15 is 0 Å². The van der Waals surface area contributed by atoms with Crippen molar-refractivity contribution in [1.82, 2.24) is 10.6 Å². The van der Waals surface area contributed by atoms with E-state index in [-0.39, 0.29) is 18.5 Å². The molecule has 0 aliphatic rings. The normalized spacial score (nSPS) is 10.6. The Labute approximate surface area is 161 Å². The van der Waals surface area contributed by atoms with Crippen LogP contribution in [0.25, 0.3) is 0 Å². The molecule has 2 rings (SSSR count). The Kier molecular flexibility index (Phi) is 7.41. The van der Waals surface area contributed by atoms with Crippen molar-refractivity contribution in [2.24, 2.45) is 0 Å². The van der Waals surface area contributed by atoms with Crippen molar-refractivity contribution in [3.63, 3.8) is 0 Å². The number of benzene rings is 2. The fourth-order valence-corrected chi connectivity index (χ4v) is 2.69. The van der Waals surface area contributed by atoms with E-state index in [1.807, 2.05) is 32.0 Å². The minimum Gasteiger partial charge on any atom is -0.338 e. The van der Waals surface area contributed by atoms with E-state index in [1.54, 1.807) is 0 Å². The number of hydrogen-bond donors (Lipinski definition) is 3. The van der Waals surface area contributed by atoms with Crippen LogP contribution in [-0.2, 0) is 11.2 Å². The first-order chi connectivity index (χ1) is 12.9. The number of hydrogen-bond acceptors (Lipinski definition) is 2. The summed E-state index contributed by atoms with van der Waals surface area (Å²) in [6.45, 7) is 8.73. The highest BCUT2D eigenvalue weighted by Crippen LogP contribution is 2.17. The fourth-order valence-electron chi connectivity index (χ4n) is 2.69. The van der Waals surface area contributed by atoms with Gasteiger partial charge < -0.3 is 16.0 Å². The molecule has 27 heavy (non-hydrogen) atoms. The summed E-state index contributed by atoms with van der Waals surface area (Å²) in [6.07, 6.45) is 0.750. The topological polar surface area (TPSA) is 70.2 Å². The first kappa shape index (κ1) is 20.5. The van der Waals surface area contributed by atoms with Gasteiger partial charge in [-0.25, -0.2) is 4.79 Å². The Balaban J connectivity index is 1.69.